The van der Waals surface area contributed by atoms with Crippen molar-refractivity contribution < 1.29 is 24.7 Å². The number of hydrogen-bond acceptors (Lipinski definition) is 1. The normalized spacial score (nSPS) is 18.0. The van der Waals surface area contributed by atoms with Gasteiger partial charge in [-0.25, -0.2) is 4.98 Å². The maximum absolute atomic E-state index is 9.47. The lowest BCUT2D eigenvalue weighted by Crippen LogP contribution is -2.03. The lowest BCUT2D eigenvalue weighted by molar-refractivity contribution is 0.909. The average Bonchev–Trinajstić information content (AvgIpc) is 3.64. The van der Waals surface area contributed by atoms with E-state index in [1.807, 2.05) is 0 Å². The molecule has 0 saturated carbocycles. The number of fused-ring (bicyclic) bond motifs is 3. The predicted molar refractivity (Wildman–Crippen MR) is 182 cm³/mol. The highest BCUT2D eigenvalue weighted by atomic mass is 15.1. The Morgan fingerprint density at radius 2 is 1.14 bits per heavy atom. The van der Waals surface area contributed by atoms with Crippen LogP contribution >= 0.6 is 0 Å². The molecular formula is C41H30N2. The lowest BCUT2D eigenvalue weighted by atomic mass is 9.83. The van der Waals surface area contributed by atoms with E-state index < -0.39 is 97.6 Å². The van der Waals surface area contributed by atoms with Crippen LogP contribution in [-0.2, 0) is 6.37 Å². The molecule has 8 rings (SSSR count). The van der Waals surface area contributed by atoms with E-state index in [4.69, 9.17) is 19.2 Å². The van der Waals surface area contributed by atoms with E-state index in [-0.39, 0.29) is 71.6 Å². The summed E-state index contributed by atoms with van der Waals surface area (Å²) in [5, 5.41) is -0.929. The molecule has 1 heterocycles. The Bertz CT molecular complexity index is 3100. The van der Waals surface area contributed by atoms with Crippen molar-refractivity contribution in [2.75, 3.05) is 0 Å². The van der Waals surface area contributed by atoms with Crippen LogP contribution in [0.3, 0.4) is 0 Å². The number of para-hydroxylation sites is 3. The summed E-state index contributed by atoms with van der Waals surface area (Å²) in [7, 11) is 0. The van der Waals surface area contributed by atoms with Crippen molar-refractivity contribution in [3.05, 3.63) is 157 Å². The van der Waals surface area contributed by atoms with Crippen molar-refractivity contribution in [3.63, 3.8) is 0 Å². The molecular weight excluding hydrogens is 520 g/mol. The predicted octanol–water partition coefficient (Wildman–Crippen LogP) is 10.9. The quantitative estimate of drug-likeness (QED) is 0.189. The summed E-state index contributed by atoms with van der Waals surface area (Å²) in [6.07, 6.45) is -3.06. The molecule has 1 aromatic heterocycles. The molecule has 0 amide bonds. The first-order valence-electron chi connectivity index (χ1n) is 22.4. The Balaban J connectivity index is 1.66. The molecule has 0 aliphatic heterocycles. The van der Waals surface area contributed by atoms with Gasteiger partial charge in [-0.15, -0.1) is 0 Å². The number of aryl methyl sites for hydroxylation is 1. The summed E-state index contributed by atoms with van der Waals surface area (Å²) in [5.41, 5.74) is 0.121. The Labute approximate surface area is 276 Å². The smallest absolute Gasteiger partial charge is 0.114 e. The van der Waals surface area contributed by atoms with Gasteiger partial charge in [-0.05, 0) is 67.6 Å². The summed E-state index contributed by atoms with van der Waals surface area (Å²) in [5.74, 6) is -0.525. The Morgan fingerprint density at radius 1 is 0.605 bits per heavy atom. The molecule has 0 aliphatic carbocycles. The van der Waals surface area contributed by atoms with Crippen molar-refractivity contribution in [3.8, 4) is 39.1 Å². The number of nitrogens with zero attached hydrogens (tertiary/aromatic N) is 2. The van der Waals surface area contributed by atoms with Crippen molar-refractivity contribution in [2.24, 2.45) is 0 Å². The number of rotatable bonds is 5. The van der Waals surface area contributed by atoms with Gasteiger partial charge in [0.15, 0.2) is 0 Å². The van der Waals surface area contributed by atoms with E-state index >= 15 is 0 Å². The van der Waals surface area contributed by atoms with Crippen LogP contribution in [0.2, 0.25) is 0 Å². The van der Waals surface area contributed by atoms with Crippen LogP contribution in [0.4, 0.5) is 0 Å². The third kappa shape index (κ3) is 4.06. The monoisotopic (exact) mass is 568 g/mol. The summed E-state index contributed by atoms with van der Waals surface area (Å²) >= 11 is 0. The van der Waals surface area contributed by atoms with Crippen LogP contribution in [0.15, 0.2) is 151 Å². The Morgan fingerprint density at radius 3 is 1.81 bits per heavy atom. The SMILES string of the molecule is [2H]c1c([2H])c([2H])c(-c2ccccc2-c2c3c([2H])c([2H])c([2H])c([2H])c3c(-c3ccccc3-n3c(C([2H])([2H])C([2H])([2H])[2H])nc4ccccc43)c3c([2H])c([2H])c([2H])c([2H])c23)c([2H])c1[2H]. The fourth-order valence-electron chi connectivity index (χ4n) is 5.70. The molecule has 8 aromatic rings. The summed E-state index contributed by atoms with van der Waals surface area (Å²) in [6, 6.07) is 10.2. The van der Waals surface area contributed by atoms with Gasteiger partial charge in [0.1, 0.15) is 5.82 Å². The van der Waals surface area contributed by atoms with Crippen molar-refractivity contribution >= 4 is 32.6 Å². The molecule has 2 heteroatoms. The first-order chi connectivity index (χ1) is 28.6. The van der Waals surface area contributed by atoms with E-state index in [1.165, 1.54) is 41.0 Å². The average molecular weight is 569 g/mol. The van der Waals surface area contributed by atoms with Crippen LogP contribution in [0.5, 0.6) is 0 Å². The van der Waals surface area contributed by atoms with Gasteiger partial charge in [-0.2, -0.15) is 0 Å². The van der Waals surface area contributed by atoms with E-state index in [0.29, 0.717) is 0 Å². The van der Waals surface area contributed by atoms with Crippen molar-refractivity contribution in [2.45, 2.75) is 13.2 Å². The summed E-state index contributed by atoms with van der Waals surface area (Å²) in [6.45, 7) is -3.23. The number of imidazole rings is 1. The van der Waals surface area contributed by atoms with Gasteiger partial charge in [0.2, 0.25) is 0 Å². The van der Waals surface area contributed by atoms with Crippen LogP contribution in [0.1, 0.15) is 37.3 Å². The van der Waals surface area contributed by atoms with Crippen LogP contribution in [0, 0.1) is 0 Å². The van der Waals surface area contributed by atoms with E-state index in [1.54, 1.807) is 36.4 Å². The second-order valence-electron chi connectivity index (χ2n) is 9.70. The molecule has 0 N–H and O–H groups in total. The standard InChI is InChI=1S/C41H30N2/c1-2-39-42-36-25-13-15-27-38(36)43(39)37-26-14-12-24-35(37)41-33-22-10-8-20-31(33)40(32-21-9-11-23-34(32)41)30-19-7-6-18-29(30)28-16-4-3-5-17-28/h3-27H,2H2,1H3/i1D3,2D2,3D,4D,5D,8D,9D,10D,11D,16D,17D,20D,21D,22D,23D. The molecule has 204 valence electrons. The topological polar surface area (TPSA) is 17.8 Å². The van der Waals surface area contributed by atoms with Gasteiger partial charge in [0, 0.05) is 18.8 Å². The van der Waals surface area contributed by atoms with Gasteiger partial charge >= 0.3 is 0 Å². The summed E-state index contributed by atoms with van der Waals surface area (Å²) < 4.78 is 160. The van der Waals surface area contributed by atoms with E-state index in [0.717, 1.165) is 0 Å². The molecule has 0 spiro atoms. The lowest BCUT2D eigenvalue weighted by Gasteiger charge is -2.21. The minimum absolute atomic E-state index is 0.0106. The van der Waals surface area contributed by atoms with Gasteiger partial charge in [-0.1, -0.05) is 140 Å². The van der Waals surface area contributed by atoms with Crippen LogP contribution in [0.25, 0.3) is 71.6 Å². The highest BCUT2D eigenvalue weighted by Gasteiger charge is 2.21. The minimum atomic E-state index is -3.23. The van der Waals surface area contributed by atoms with E-state index in [9.17, 15) is 5.48 Å². The van der Waals surface area contributed by atoms with Crippen molar-refractivity contribution in [1.29, 1.82) is 0 Å². The molecule has 0 aliphatic rings. The molecule has 0 radical (unpaired) electrons. The molecule has 7 aromatic carbocycles. The second kappa shape index (κ2) is 10.4. The fraction of sp³-hybridized carbons (Fsp3) is 0.0488. The maximum atomic E-state index is 9.47. The third-order valence-electron chi connectivity index (χ3n) is 7.43. The van der Waals surface area contributed by atoms with Crippen LogP contribution in [-0.4, -0.2) is 9.55 Å². The number of hydrogen-bond donors (Lipinski definition) is 0. The molecule has 43 heavy (non-hydrogen) atoms. The summed E-state index contributed by atoms with van der Waals surface area (Å²) in [4.78, 5) is 4.44. The van der Waals surface area contributed by atoms with E-state index in [2.05, 4.69) is 4.98 Å². The molecule has 0 bridgehead atoms. The molecule has 2 nitrogen and oxygen atoms in total. The fourth-order valence-corrected chi connectivity index (χ4v) is 5.70. The van der Waals surface area contributed by atoms with Gasteiger partial charge in [0.05, 0.1) is 34.5 Å². The van der Waals surface area contributed by atoms with Gasteiger partial charge < -0.3 is 0 Å². The van der Waals surface area contributed by atoms with Crippen LogP contribution < -0.4 is 0 Å². The molecule has 0 atom stereocenters. The van der Waals surface area contributed by atoms with Gasteiger partial charge in [0.25, 0.3) is 0 Å². The second-order valence-corrected chi connectivity index (χ2v) is 9.70. The zero-order chi connectivity index (χ0) is 44.4. The Hall–Kier alpha value is -5.47. The highest BCUT2D eigenvalue weighted by Crippen LogP contribution is 2.47. The third-order valence-corrected chi connectivity index (χ3v) is 7.43. The zero-order valence-corrected chi connectivity index (χ0v) is 22.3. The largest absolute Gasteiger partial charge is 0.296 e. The minimum Gasteiger partial charge on any atom is -0.296 e. The highest BCUT2D eigenvalue weighted by molar-refractivity contribution is 6.23. The number of benzene rings is 7. The molecule has 0 fully saturated rings. The van der Waals surface area contributed by atoms with Crippen molar-refractivity contribution in [1.82, 2.24) is 9.55 Å². The maximum Gasteiger partial charge on any atom is 0.114 e. The zero-order valence-electron chi connectivity index (χ0n) is 40.3. The Kier molecular flexibility index (Phi) is 3.10. The number of aromatic nitrogens is 2. The molecule has 0 unspecified atom stereocenters. The first-order valence-corrected chi connectivity index (χ1v) is 13.4. The molecule has 0 saturated heterocycles. The first kappa shape index (κ1) is 12.8. The van der Waals surface area contributed by atoms with Gasteiger partial charge in [-0.3, -0.25) is 4.57 Å².